The Morgan fingerprint density at radius 2 is 1.80 bits per heavy atom. The molecule has 20 heavy (non-hydrogen) atoms. The normalized spacial score (nSPS) is 10.2. The van der Waals surface area contributed by atoms with Crippen molar-refractivity contribution in [1.82, 2.24) is 4.98 Å². The molecule has 1 aromatic carbocycles. The SMILES string of the molecule is O=C(Nc1cccc(Cl)c1Cl)Nc1ncc(Cl)cc1Cl. The number of amides is 2. The highest BCUT2D eigenvalue weighted by Crippen LogP contribution is 2.29. The van der Waals surface area contributed by atoms with E-state index < -0.39 is 6.03 Å². The van der Waals surface area contributed by atoms with Gasteiger partial charge in [-0.15, -0.1) is 0 Å². The minimum atomic E-state index is -0.550. The first-order valence-electron chi connectivity index (χ1n) is 5.30. The van der Waals surface area contributed by atoms with Crippen molar-refractivity contribution in [3.63, 3.8) is 0 Å². The quantitative estimate of drug-likeness (QED) is 0.768. The maximum atomic E-state index is 11.8. The Morgan fingerprint density at radius 1 is 1.05 bits per heavy atom. The number of aromatic nitrogens is 1. The molecule has 0 saturated heterocycles. The summed E-state index contributed by atoms with van der Waals surface area (Å²) in [7, 11) is 0. The number of hydrogen-bond donors (Lipinski definition) is 2. The van der Waals surface area contributed by atoms with Crippen LogP contribution in [0.25, 0.3) is 0 Å². The zero-order valence-corrected chi connectivity index (χ0v) is 12.8. The Morgan fingerprint density at radius 3 is 2.50 bits per heavy atom. The van der Waals surface area contributed by atoms with Crippen molar-refractivity contribution < 1.29 is 4.79 Å². The molecule has 0 radical (unpaired) electrons. The molecule has 104 valence electrons. The first kappa shape index (κ1) is 15.2. The second-order valence-electron chi connectivity index (χ2n) is 3.66. The number of carbonyl (C=O) groups is 1. The lowest BCUT2D eigenvalue weighted by molar-refractivity contribution is 0.262. The van der Waals surface area contributed by atoms with Crippen LogP contribution in [0.3, 0.4) is 0 Å². The predicted octanol–water partition coefficient (Wildman–Crippen LogP) is 5.34. The Kier molecular flexibility index (Phi) is 4.94. The molecule has 2 N–H and O–H groups in total. The van der Waals surface area contributed by atoms with E-state index in [-0.39, 0.29) is 15.9 Å². The number of rotatable bonds is 2. The van der Waals surface area contributed by atoms with Crippen molar-refractivity contribution in [2.75, 3.05) is 10.6 Å². The van der Waals surface area contributed by atoms with E-state index in [0.29, 0.717) is 15.7 Å². The van der Waals surface area contributed by atoms with E-state index in [9.17, 15) is 4.79 Å². The van der Waals surface area contributed by atoms with E-state index in [1.165, 1.54) is 12.3 Å². The molecule has 4 nitrogen and oxygen atoms in total. The van der Waals surface area contributed by atoms with Crippen molar-refractivity contribution in [2.24, 2.45) is 0 Å². The largest absolute Gasteiger partial charge is 0.324 e. The predicted molar refractivity (Wildman–Crippen MR) is 83.4 cm³/mol. The molecule has 0 unspecified atom stereocenters. The molecule has 2 amide bonds. The number of nitrogens with zero attached hydrogens (tertiary/aromatic N) is 1. The van der Waals surface area contributed by atoms with Gasteiger partial charge in [0.25, 0.3) is 0 Å². The van der Waals surface area contributed by atoms with Gasteiger partial charge in [-0.3, -0.25) is 5.32 Å². The van der Waals surface area contributed by atoms with Gasteiger partial charge in [-0.2, -0.15) is 0 Å². The summed E-state index contributed by atoms with van der Waals surface area (Å²) < 4.78 is 0. The lowest BCUT2D eigenvalue weighted by Crippen LogP contribution is -2.20. The van der Waals surface area contributed by atoms with Crippen LogP contribution < -0.4 is 10.6 Å². The zero-order chi connectivity index (χ0) is 14.7. The number of halogens is 4. The fraction of sp³-hybridized carbons (Fsp3) is 0. The highest BCUT2D eigenvalue weighted by molar-refractivity contribution is 6.44. The first-order chi connectivity index (χ1) is 9.47. The van der Waals surface area contributed by atoms with Gasteiger partial charge in [0.05, 0.1) is 25.8 Å². The average Bonchev–Trinajstić information content (AvgIpc) is 2.38. The third kappa shape index (κ3) is 3.67. The van der Waals surface area contributed by atoms with Gasteiger partial charge in [-0.05, 0) is 18.2 Å². The van der Waals surface area contributed by atoms with E-state index in [1.807, 2.05) is 0 Å². The fourth-order valence-corrected chi connectivity index (χ4v) is 2.14. The van der Waals surface area contributed by atoms with Gasteiger partial charge in [0, 0.05) is 6.20 Å². The van der Waals surface area contributed by atoms with Gasteiger partial charge < -0.3 is 5.32 Å². The van der Waals surface area contributed by atoms with Gasteiger partial charge in [0.1, 0.15) is 0 Å². The van der Waals surface area contributed by atoms with Crippen molar-refractivity contribution in [3.8, 4) is 0 Å². The van der Waals surface area contributed by atoms with Crippen LogP contribution in [0.2, 0.25) is 20.1 Å². The van der Waals surface area contributed by atoms with Crippen molar-refractivity contribution in [1.29, 1.82) is 0 Å². The van der Waals surface area contributed by atoms with Crippen molar-refractivity contribution >= 4 is 63.9 Å². The Balaban J connectivity index is 2.11. The number of pyridine rings is 1. The number of anilines is 2. The number of nitrogens with one attached hydrogen (secondary N) is 2. The molecule has 0 fully saturated rings. The Bertz CT molecular complexity index is 663. The summed E-state index contributed by atoms with van der Waals surface area (Å²) >= 11 is 23.4. The molecule has 0 aliphatic rings. The third-order valence-electron chi connectivity index (χ3n) is 2.24. The van der Waals surface area contributed by atoms with E-state index in [1.54, 1.807) is 18.2 Å². The summed E-state index contributed by atoms with van der Waals surface area (Å²) in [6.45, 7) is 0. The molecule has 0 aliphatic carbocycles. The minimum Gasteiger partial charge on any atom is -0.306 e. The lowest BCUT2D eigenvalue weighted by atomic mass is 10.3. The second-order valence-corrected chi connectivity index (χ2v) is 5.29. The summed E-state index contributed by atoms with van der Waals surface area (Å²) in [6, 6.07) is 5.82. The number of hydrogen-bond acceptors (Lipinski definition) is 2. The van der Waals surface area contributed by atoms with Crippen LogP contribution in [0.1, 0.15) is 0 Å². The molecule has 2 rings (SSSR count). The van der Waals surface area contributed by atoms with Gasteiger partial charge in [0.2, 0.25) is 0 Å². The van der Waals surface area contributed by atoms with E-state index in [2.05, 4.69) is 15.6 Å². The lowest BCUT2D eigenvalue weighted by Gasteiger charge is -2.10. The molecule has 0 saturated carbocycles. The summed E-state index contributed by atoms with van der Waals surface area (Å²) in [5.41, 5.74) is 0.377. The maximum Gasteiger partial charge on any atom is 0.324 e. The number of benzene rings is 1. The monoisotopic (exact) mass is 349 g/mol. The van der Waals surface area contributed by atoms with Crippen LogP contribution in [-0.4, -0.2) is 11.0 Å². The summed E-state index contributed by atoms with van der Waals surface area (Å²) in [5, 5.41) is 6.21. The molecule has 2 aromatic rings. The number of urea groups is 1. The highest BCUT2D eigenvalue weighted by atomic mass is 35.5. The molecule has 8 heteroatoms. The van der Waals surface area contributed by atoms with Crippen LogP contribution in [0.5, 0.6) is 0 Å². The molecule has 0 spiro atoms. The average molecular weight is 351 g/mol. The minimum absolute atomic E-state index is 0.187. The smallest absolute Gasteiger partial charge is 0.306 e. The van der Waals surface area contributed by atoms with Crippen LogP contribution in [0, 0.1) is 0 Å². The summed E-state index contributed by atoms with van der Waals surface area (Å²) in [5.74, 6) is 0.187. The molecule has 1 heterocycles. The van der Waals surface area contributed by atoms with Crippen LogP contribution in [-0.2, 0) is 0 Å². The summed E-state index contributed by atoms with van der Waals surface area (Å²) in [4.78, 5) is 15.7. The zero-order valence-electron chi connectivity index (χ0n) is 9.75. The van der Waals surface area contributed by atoms with Gasteiger partial charge in [0.15, 0.2) is 5.82 Å². The fourth-order valence-electron chi connectivity index (χ4n) is 1.37. The molecule has 0 atom stereocenters. The van der Waals surface area contributed by atoms with Crippen molar-refractivity contribution in [3.05, 3.63) is 50.6 Å². The summed E-state index contributed by atoms with van der Waals surface area (Å²) in [6.07, 6.45) is 1.37. The molecule has 1 aromatic heterocycles. The third-order valence-corrected chi connectivity index (χ3v) is 3.55. The second kappa shape index (κ2) is 6.50. The van der Waals surface area contributed by atoms with E-state index in [0.717, 1.165) is 0 Å². The maximum absolute atomic E-state index is 11.8. The van der Waals surface area contributed by atoms with Crippen LogP contribution >= 0.6 is 46.4 Å². The molecule has 0 bridgehead atoms. The van der Waals surface area contributed by atoms with Gasteiger partial charge in [-0.25, -0.2) is 9.78 Å². The van der Waals surface area contributed by atoms with Gasteiger partial charge in [-0.1, -0.05) is 52.5 Å². The van der Waals surface area contributed by atoms with Crippen LogP contribution in [0.4, 0.5) is 16.3 Å². The van der Waals surface area contributed by atoms with E-state index in [4.69, 9.17) is 46.4 Å². The number of carbonyl (C=O) groups excluding carboxylic acids is 1. The molecular weight excluding hydrogens is 344 g/mol. The molecular formula is C12H7Cl4N3O. The highest BCUT2D eigenvalue weighted by Gasteiger charge is 2.10. The van der Waals surface area contributed by atoms with E-state index >= 15 is 0 Å². The topological polar surface area (TPSA) is 54.0 Å². The first-order valence-corrected chi connectivity index (χ1v) is 6.81. The molecule has 0 aliphatic heterocycles. The van der Waals surface area contributed by atoms with Crippen molar-refractivity contribution in [2.45, 2.75) is 0 Å². The standard InChI is InChI=1S/C12H7Cl4N3O/c13-6-4-8(15)11(17-5-6)19-12(20)18-9-3-1-2-7(14)10(9)16/h1-5H,(H2,17,18,19,20). The van der Waals surface area contributed by atoms with Gasteiger partial charge >= 0.3 is 6.03 Å². The van der Waals surface area contributed by atoms with Crippen LogP contribution in [0.15, 0.2) is 30.5 Å². The Hall–Kier alpha value is -1.20. The Labute approximate surface area is 135 Å².